The van der Waals surface area contributed by atoms with Crippen LogP contribution in [0, 0.1) is 0 Å². The molecule has 1 heterocycles. The van der Waals surface area contributed by atoms with Gasteiger partial charge in [0.05, 0.1) is 5.69 Å². The Hall–Kier alpha value is -1.52. The van der Waals surface area contributed by atoms with Gasteiger partial charge in [0, 0.05) is 12.1 Å². The van der Waals surface area contributed by atoms with Crippen molar-refractivity contribution < 1.29 is 9.90 Å². The van der Waals surface area contributed by atoms with Crippen molar-refractivity contribution in [1.29, 1.82) is 0 Å². The van der Waals surface area contributed by atoms with Crippen molar-refractivity contribution in [3.05, 3.63) is 11.8 Å². The number of aromatic nitrogens is 2. The molecule has 78 valence electrons. The fraction of sp³-hybridized carbons (Fsp3) is 0.556. The molecule has 0 spiro atoms. The van der Waals surface area contributed by atoms with Gasteiger partial charge in [0.1, 0.15) is 5.82 Å². The van der Waals surface area contributed by atoms with Crippen LogP contribution in [-0.4, -0.2) is 21.0 Å². The molecule has 0 saturated heterocycles. The summed E-state index contributed by atoms with van der Waals surface area (Å²) in [5.74, 6) is 0.532. The molecule has 1 amide bonds. The first-order valence-corrected chi connectivity index (χ1v) is 4.63. The van der Waals surface area contributed by atoms with E-state index in [1.54, 1.807) is 10.7 Å². The van der Waals surface area contributed by atoms with E-state index in [0.29, 0.717) is 5.82 Å². The van der Waals surface area contributed by atoms with Gasteiger partial charge < -0.3 is 5.11 Å². The summed E-state index contributed by atoms with van der Waals surface area (Å²) in [5.41, 5.74) is 0.891. The number of carboxylic acid groups (broad SMARTS) is 1. The molecule has 0 aliphatic carbocycles. The number of amides is 1. The fourth-order valence-corrected chi connectivity index (χ4v) is 1.21. The zero-order valence-electron chi connectivity index (χ0n) is 8.61. The van der Waals surface area contributed by atoms with Gasteiger partial charge in [-0.15, -0.1) is 0 Å². The summed E-state index contributed by atoms with van der Waals surface area (Å²) >= 11 is 0. The van der Waals surface area contributed by atoms with E-state index in [4.69, 9.17) is 5.11 Å². The Labute approximate surface area is 82.7 Å². The van der Waals surface area contributed by atoms with Crippen molar-refractivity contribution in [1.82, 2.24) is 9.78 Å². The van der Waals surface area contributed by atoms with Crippen LogP contribution >= 0.6 is 0 Å². The van der Waals surface area contributed by atoms with E-state index in [1.807, 2.05) is 20.8 Å². The standard InChI is InChI=1S/C9H15N3O2/c1-4-7-5-8(10-9(13)14)12(11-7)6(2)3/h5-6,10H,4H2,1-3H3,(H,13,14). The topological polar surface area (TPSA) is 67.2 Å². The normalized spacial score (nSPS) is 10.6. The van der Waals surface area contributed by atoms with Crippen LogP contribution in [0.25, 0.3) is 0 Å². The summed E-state index contributed by atoms with van der Waals surface area (Å²) in [5, 5.41) is 15.2. The van der Waals surface area contributed by atoms with E-state index in [0.717, 1.165) is 12.1 Å². The monoisotopic (exact) mass is 197 g/mol. The molecule has 0 bridgehead atoms. The lowest BCUT2D eigenvalue weighted by Gasteiger charge is -2.09. The molecule has 1 aromatic heterocycles. The number of carbonyl (C=O) groups is 1. The predicted molar refractivity (Wildman–Crippen MR) is 53.6 cm³/mol. The van der Waals surface area contributed by atoms with Crippen molar-refractivity contribution in [3.63, 3.8) is 0 Å². The molecule has 1 rings (SSSR count). The highest BCUT2D eigenvalue weighted by atomic mass is 16.4. The average molecular weight is 197 g/mol. The number of aryl methyl sites for hydroxylation is 1. The minimum absolute atomic E-state index is 0.150. The molecule has 0 saturated carbocycles. The maximum Gasteiger partial charge on any atom is 0.410 e. The summed E-state index contributed by atoms with van der Waals surface area (Å²) in [6, 6.07) is 1.91. The van der Waals surface area contributed by atoms with E-state index < -0.39 is 6.09 Å². The zero-order chi connectivity index (χ0) is 10.7. The van der Waals surface area contributed by atoms with Gasteiger partial charge in [0.25, 0.3) is 0 Å². The Kier molecular flexibility index (Phi) is 3.11. The Morgan fingerprint density at radius 1 is 1.71 bits per heavy atom. The third kappa shape index (κ3) is 2.25. The highest BCUT2D eigenvalue weighted by molar-refractivity contribution is 5.81. The van der Waals surface area contributed by atoms with E-state index in [-0.39, 0.29) is 6.04 Å². The first-order chi connectivity index (χ1) is 6.54. The Bertz CT molecular complexity index is 331. The number of nitrogens with one attached hydrogen (secondary N) is 1. The van der Waals surface area contributed by atoms with Gasteiger partial charge in [0.15, 0.2) is 0 Å². The second kappa shape index (κ2) is 4.13. The third-order valence-corrected chi connectivity index (χ3v) is 1.87. The lowest BCUT2D eigenvalue weighted by molar-refractivity contribution is 0.209. The largest absolute Gasteiger partial charge is 0.465 e. The van der Waals surface area contributed by atoms with E-state index in [1.165, 1.54) is 0 Å². The van der Waals surface area contributed by atoms with Crippen molar-refractivity contribution in [3.8, 4) is 0 Å². The molecule has 0 aliphatic rings. The minimum Gasteiger partial charge on any atom is -0.465 e. The number of nitrogens with zero attached hydrogens (tertiary/aromatic N) is 2. The van der Waals surface area contributed by atoms with Crippen LogP contribution in [-0.2, 0) is 6.42 Å². The Morgan fingerprint density at radius 2 is 2.36 bits per heavy atom. The molecule has 0 unspecified atom stereocenters. The molecular weight excluding hydrogens is 182 g/mol. The average Bonchev–Trinajstić information content (AvgIpc) is 2.46. The number of anilines is 1. The first kappa shape index (κ1) is 10.6. The van der Waals surface area contributed by atoms with Crippen LogP contribution in [0.3, 0.4) is 0 Å². The highest BCUT2D eigenvalue weighted by Gasteiger charge is 2.11. The molecular formula is C9H15N3O2. The number of hydrogen-bond donors (Lipinski definition) is 2. The number of hydrogen-bond acceptors (Lipinski definition) is 2. The molecule has 0 aromatic carbocycles. The van der Waals surface area contributed by atoms with Crippen LogP contribution in [0.15, 0.2) is 6.07 Å². The molecule has 0 fully saturated rings. The SMILES string of the molecule is CCc1cc(NC(=O)O)n(C(C)C)n1. The summed E-state index contributed by atoms with van der Waals surface area (Å²) < 4.78 is 1.67. The van der Waals surface area contributed by atoms with Gasteiger partial charge in [-0.1, -0.05) is 6.92 Å². The number of rotatable bonds is 3. The highest BCUT2D eigenvalue weighted by Crippen LogP contribution is 2.16. The van der Waals surface area contributed by atoms with Gasteiger partial charge >= 0.3 is 6.09 Å². The van der Waals surface area contributed by atoms with Crippen molar-refractivity contribution in [2.24, 2.45) is 0 Å². The lowest BCUT2D eigenvalue weighted by atomic mass is 10.3. The van der Waals surface area contributed by atoms with Gasteiger partial charge in [-0.3, -0.25) is 5.32 Å². The molecule has 5 heteroatoms. The maximum atomic E-state index is 10.5. The molecule has 14 heavy (non-hydrogen) atoms. The van der Waals surface area contributed by atoms with Gasteiger partial charge in [-0.2, -0.15) is 5.10 Å². The summed E-state index contributed by atoms with van der Waals surface area (Å²) in [4.78, 5) is 10.5. The molecule has 2 N–H and O–H groups in total. The smallest absolute Gasteiger partial charge is 0.410 e. The van der Waals surface area contributed by atoms with Crippen LogP contribution in [0.4, 0.5) is 10.6 Å². The van der Waals surface area contributed by atoms with Gasteiger partial charge in [-0.05, 0) is 20.3 Å². The van der Waals surface area contributed by atoms with Crippen LogP contribution in [0.2, 0.25) is 0 Å². The Morgan fingerprint density at radius 3 is 2.79 bits per heavy atom. The van der Waals surface area contributed by atoms with Crippen LogP contribution in [0.1, 0.15) is 32.5 Å². The van der Waals surface area contributed by atoms with E-state index in [2.05, 4.69) is 10.4 Å². The van der Waals surface area contributed by atoms with Crippen molar-refractivity contribution >= 4 is 11.9 Å². The summed E-state index contributed by atoms with van der Waals surface area (Å²) in [6.07, 6.45) is -0.261. The molecule has 1 aromatic rings. The van der Waals surface area contributed by atoms with Crippen LogP contribution < -0.4 is 5.32 Å². The zero-order valence-corrected chi connectivity index (χ0v) is 8.61. The predicted octanol–water partition coefficient (Wildman–Crippen LogP) is 2.12. The maximum absolute atomic E-state index is 10.5. The van der Waals surface area contributed by atoms with Gasteiger partial charge in [-0.25, -0.2) is 9.48 Å². The minimum atomic E-state index is -1.06. The summed E-state index contributed by atoms with van der Waals surface area (Å²) in [7, 11) is 0. The molecule has 0 aliphatic heterocycles. The fourth-order valence-electron chi connectivity index (χ4n) is 1.21. The third-order valence-electron chi connectivity index (χ3n) is 1.87. The second-order valence-electron chi connectivity index (χ2n) is 3.34. The molecule has 0 radical (unpaired) electrons. The lowest BCUT2D eigenvalue weighted by Crippen LogP contribution is -2.14. The van der Waals surface area contributed by atoms with Crippen LogP contribution in [0.5, 0.6) is 0 Å². The van der Waals surface area contributed by atoms with Gasteiger partial charge in [0.2, 0.25) is 0 Å². The molecule has 5 nitrogen and oxygen atoms in total. The molecule has 0 atom stereocenters. The van der Waals surface area contributed by atoms with E-state index in [9.17, 15) is 4.79 Å². The van der Waals surface area contributed by atoms with Crippen molar-refractivity contribution in [2.75, 3.05) is 5.32 Å². The second-order valence-corrected chi connectivity index (χ2v) is 3.34. The summed E-state index contributed by atoms with van der Waals surface area (Å²) in [6.45, 7) is 5.90. The first-order valence-electron chi connectivity index (χ1n) is 4.63. The van der Waals surface area contributed by atoms with E-state index >= 15 is 0 Å². The van der Waals surface area contributed by atoms with Crippen molar-refractivity contribution in [2.45, 2.75) is 33.2 Å². The quantitative estimate of drug-likeness (QED) is 0.779. The Balaban J connectivity index is 2.99.